The molecule has 0 radical (unpaired) electrons. The summed E-state index contributed by atoms with van der Waals surface area (Å²) < 4.78 is 0. The first kappa shape index (κ1) is 22.7. The number of hydrogen-bond acceptors (Lipinski definition) is 0. The van der Waals surface area contributed by atoms with Crippen LogP contribution >= 0.6 is 32.1 Å². The third-order valence-electron chi connectivity index (χ3n) is 4.90. The molecule has 0 saturated heterocycles. The Morgan fingerprint density at radius 1 is 0.577 bits per heavy atom. The van der Waals surface area contributed by atoms with Crippen LogP contribution < -0.4 is 15.9 Å². The molecule has 3 aromatic rings. The largest absolute Gasteiger partial charge is 0.147 e. The van der Waals surface area contributed by atoms with Crippen molar-refractivity contribution in [2.24, 2.45) is 5.92 Å². The fourth-order valence-electron chi connectivity index (χ4n) is 3.61. The zero-order chi connectivity index (χ0) is 16.8. The Balaban J connectivity index is 0.00000169. The van der Waals surface area contributed by atoms with Crippen LogP contribution in [0.15, 0.2) is 91.0 Å². The van der Waals surface area contributed by atoms with Crippen molar-refractivity contribution in [1.29, 1.82) is 0 Å². The predicted molar refractivity (Wildman–Crippen MR) is 125 cm³/mol. The predicted octanol–water partition coefficient (Wildman–Crippen LogP) is 5.60. The van der Waals surface area contributed by atoms with Gasteiger partial charge in [-0.3, -0.25) is 0 Å². The van der Waals surface area contributed by atoms with Crippen molar-refractivity contribution in [3.63, 3.8) is 0 Å². The van der Waals surface area contributed by atoms with Crippen molar-refractivity contribution in [3.05, 3.63) is 91.0 Å². The minimum Gasteiger partial charge on any atom is -0.147 e. The van der Waals surface area contributed by atoms with Crippen LogP contribution in [-0.2, 0) is 0 Å². The summed E-state index contributed by atoms with van der Waals surface area (Å²) in [5, 5.41) is 4.55. The molecule has 140 valence electrons. The third-order valence-corrected chi connectivity index (χ3v) is 9.89. The van der Waals surface area contributed by atoms with Crippen LogP contribution in [0.3, 0.4) is 0 Å². The Kier molecular flexibility index (Phi) is 9.37. The molecular weight excluding hydrogens is 378 g/mol. The van der Waals surface area contributed by atoms with Crippen LogP contribution in [0.1, 0.15) is 20.3 Å². The molecule has 0 fully saturated rings. The molecule has 0 nitrogen and oxygen atoms in total. The number of rotatable bonds is 6. The zero-order valence-electron chi connectivity index (χ0n) is 15.5. The van der Waals surface area contributed by atoms with Gasteiger partial charge in [0.15, 0.2) is 0 Å². The first-order valence-corrected chi connectivity index (χ1v) is 11.1. The number of halogens is 2. The number of benzene rings is 3. The van der Waals surface area contributed by atoms with Gasteiger partial charge in [-0.2, -0.15) is 0 Å². The third kappa shape index (κ3) is 4.89. The van der Waals surface area contributed by atoms with Gasteiger partial charge in [0.05, 0.1) is 0 Å². The van der Waals surface area contributed by atoms with E-state index in [0.29, 0.717) is 5.92 Å². The molecule has 3 aromatic carbocycles. The molecule has 0 spiro atoms. The summed E-state index contributed by atoms with van der Waals surface area (Å²) in [6.45, 7) is 4.67. The summed E-state index contributed by atoms with van der Waals surface area (Å²) in [5.41, 5.74) is 0. The molecule has 0 aliphatic heterocycles. The maximum atomic E-state index is 2.34. The van der Waals surface area contributed by atoms with Crippen molar-refractivity contribution in [2.45, 2.75) is 20.3 Å². The zero-order valence-corrected chi connectivity index (χ0v) is 18.1. The smallest absolute Gasteiger partial charge is 0.147 e. The van der Waals surface area contributed by atoms with Gasteiger partial charge in [-0.1, -0.05) is 0 Å². The summed E-state index contributed by atoms with van der Waals surface area (Å²) in [7, 11) is -1.99. The summed E-state index contributed by atoms with van der Waals surface area (Å²) in [4.78, 5) is 0. The van der Waals surface area contributed by atoms with Gasteiger partial charge in [-0.15, -0.1) is 24.8 Å². The summed E-state index contributed by atoms with van der Waals surface area (Å²) in [5.74, 6) is 0.716. The molecule has 3 rings (SSSR count). The maximum absolute atomic E-state index is 2.34. The quantitative estimate of drug-likeness (QED) is 0.467. The Bertz CT molecular complexity index is 646. The van der Waals surface area contributed by atoms with Gasteiger partial charge in [-0.25, -0.2) is 0 Å². The van der Waals surface area contributed by atoms with Gasteiger partial charge in [0, 0.05) is 0 Å². The fraction of sp³-hybridized carbons (Fsp3) is 0.217. The van der Waals surface area contributed by atoms with Crippen molar-refractivity contribution in [2.75, 3.05) is 6.16 Å². The monoisotopic (exact) mass is 406 g/mol. The van der Waals surface area contributed by atoms with Crippen molar-refractivity contribution in [3.8, 4) is 0 Å². The van der Waals surface area contributed by atoms with Gasteiger partial charge in [0.1, 0.15) is 0 Å². The van der Waals surface area contributed by atoms with Crippen molar-refractivity contribution in [1.82, 2.24) is 0 Å². The average molecular weight is 407 g/mol. The van der Waals surface area contributed by atoms with Crippen LogP contribution in [0, 0.1) is 5.92 Å². The van der Waals surface area contributed by atoms with E-state index in [1.807, 2.05) is 0 Å². The van der Waals surface area contributed by atoms with Gasteiger partial charge in [0.25, 0.3) is 0 Å². The van der Waals surface area contributed by atoms with E-state index in [0.717, 1.165) is 0 Å². The Morgan fingerprint density at radius 3 is 1.15 bits per heavy atom. The molecule has 0 unspecified atom stereocenters. The average Bonchev–Trinajstić information content (AvgIpc) is 2.65. The van der Waals surface area contributed by atoms with Crippen LogP contribution in [0.25, 0.3) is 0 Å². The normalized spacial score (nSPS) is 11.3. The van der Waals surface area contributed by atoms with Crippen molar-refractivity contribution >= 4 is 48.0 Å². The first-order chi connectivity index (χ1) is 11.7. The van der Waals surface area contributed by atoms with Gasteiger partial charge in [0.2, 0.25) is 0 Å². The van der Waals surface area contributed by atoms with Crippen LogP contribution in [0.4, 0.5) is 0 Å². The second-order valence-corrected chi connectivity index (χ2v) is 11.0. The Morgan fingerprint density at radius 2 is 0.885 bits per heavy atom. The molecule has 0 saturated carbocycles. The molecule has 3 heteroatoms. The minimum atomic E-state index is -1.99. The van der Waals surface area contributed by atoms with E-state index in [-0.39, 0.29) is 24.8 Å². The molecule has 0 amide bonds. The topological polar surface area (TPSA) is 0 Å². The van der Waals surface area contributed by atoms with E-state index in [9.17, 15) is 0 Å². The van der Waals surface area contributed by atoms with E-state index in [1.54, 1.807) is 0 Å². The molecule has 0 heterocycles. The molecule has 0 atom stereocenters. The molecule has 0 bridgehead atoms. The summed E-state index contributed by atoms with van der Waals surface area (Å²) in [6, 6.07) is 33.6. The molecule has 0 aromatic heterocycles. The Hall–Kier alpha value is -1.33. The van der Waals surface area contributed by atoms with E-state index in [1.165, 1.54) is 28.5 Å². The second-order valence-electron chi connectivity index (χ2n) is 6.94. The van der Waals surface area contributed by atoms with Gasteiger partial charge < -0.3 is 0 Å². The molecule has 26 heavy (non-hydrogen) atoms. The molecule has 0 N–H and O–H groups in total. The minimum absolute atomic E-state index is 0. The molecule has 0 aliphatic carbocycles. The van der Waals surface area contributed by atoms with Crippen LogP contribution in [0.5, 0.6) is 0 Å². The first-order valence-electron chi connectivity index (χ1n) is 8.90. The SMILES string of the molecule is CC(C)CC[PH](c1ccccc1)(c1ccccc1)c1ccccc1.Cl.Cl. The number of hydrogen-bond donors (Lipinski definition) is 0. The second kappa shape index (κ2) is 10.7. The van der Waals surface area contributed by atoms with E-state index < -0.39 is 7.26 Å². The van der Waals surface area contributed by atoms with E-state index >= 15 is 0 Å². The van der Waals surface area contributed by atoms with Gasteiger partial charge in [-0.05, 0) is 0 Å². The molecule has 0 aliphatic rings. The van der Waals surface area contributed by atoms with Gasteiger partial charge >= 0.3 is 147 Å². The van der Waals surface area contributed by atoms with E-state index in [4.69, 9.17) is 0 Å². The van der Waals surface area contributed by atoms with Crippen LogP contribution in [-0.4, -0.2) is 6.16 Å². The fourth-order valence-corrected chi connectivity index (χ4v) is 8.77. The van der Waals surface area contributed by atoms with Crippen molar-refractivity contribution < 1.29 is 0 Å². The van der Waals surface area contributed by atoms with E-state index in [2.05, 4.69) is 105 Å². The maximum Gasteiger partial charge on any atom is -0.147 e. The van der Waals surface area contributed by atoms with Crippen LogP contribution in [0.2, 0.25) is 0 Å². The molecular formula is C23H29Cl2P. The Labute approximate surface area is 171 Å². The summed E-state index contributed by atoms with van der Waals surface area (Å²) in [6.07, 6.45) is 2.51. The standard InChI is InChI=1S/C23H27P.2ClH/c1-20(2)18-19-24(21-12-6-3-7-13-21,22-14-8-4-9-15-22)23-16-10-5-11-17-23;;/h3-17,20,24H,18-19H2,1-2H3;2*1H. The summed E-state index contributed by atoms with van der Waals surface area (Å²) >= 11 is 0.